The highest BCUT2D eigenvalue weighted by Crippen LogP contribution is 2.64. The van der Waals surface area contributed by atoms with Gasteiger partial charge >= 0.3 is 0 Å². The topological polar surface area (TPSA) is 57.5 Å². The van der Waals surface area contributed by atoms with Crippen LogP contribution in [0.1, 0.15) is 76.8 Å². The van der Waals surface area contributed by atoms with Crippen molar-refractivity contribution < 1.29 is 15.0 Å². The number of aromatic hydroxyl groups is 2. The third-order valence-electron chi connectivity index (χ3n) is 7.11. The van der Waals surface area contributed by atoms with Crippen LogP contribution in [0.25, 0.3) is 0 Å². The van der Waals surface area contributed by atoms with E-state index in [1.54, 1.807) is 0 Å². The summed E-state index contributed by atoms with van der Waals surface area (Å²) in [7, 11) is 0. The normalized spacial score (nSPS) is 27.3. The molecule has 0 aromatic heterocycles. The minimum atomic E-state index is -0.112. The Morgan fingerprint density at radius 2 is 1.81 bits per heavy atom. The van der Waals surface area contributed by atoms with E-state index in [2.05, 4.69) is 43.6 Å². The molecule has 2 bridgehead atoms. The highest BCUT2D eigenvalue weighted by Gasteiger charge is 2.59. The third kappa shape index (κ3) is 3.19. The Hall–Kier alpha value is -1.03. The van der Waals surface area contributed by atoms with Gasteiger partial charge in [0.1, 0.15) is 17.3 Å². The fourth-order valence-electron chi connectivity index (χ4n) is 5.19. The van der Waals surface area contributed by atoms with E-state index in [0.29, 0.717) is 17.9 Å². The lowest BCUT2D eigenvalue weighted by Crippen LogP contribution is -2.56. The van der Waals surface area contributed by atoms with Crippen molar-refractivity contribution in [3.63, 3.8) is 0 Å². The fraction of sp³-hybridized carbons (Fsp3) is 0.682. The van der Waals surface area contributed by atoms with Gasteiger partial charge in [-0.15, -0.1) is 0 Å². The Bertz CT molecular complexity index is 684. The molecule has 3 unspecified atom stereocenters. The van der Waals surface area contributed by atoms with E-state index in [1.165, 1.54) is 0 Å². The molecular formula is C22H31BrO3. The lowest BCUT2D eigenvalue weighted by Gasteiger charge is -2.59. The molecule has 26 heavy (non-hydrogen) atoms. The van der Waals surface area contributed by atoms with Crippen LogP contribution < -0.4 is 0 Å². The Labute approximate surface area is 165 Å². The number of carbonyl (C=O) groups excluding carboxylic acids is 1. The van der Waals surface area contributed by atoms with Crippen molar-refractivity contribution in [1.82, 2.24) is 0 Å². The Balaban J connectivity index is 1.90. The first kappa shape index (κ1) is 19.7. The minimum Gasteiger partial charge on any atom is -0.508 e. The van der Waals surface area contributed by atoms with E-state index in [1.807, 2.05) is 12.1 Å². The van der Waals surface area contributed by atoms with E-state index in [0.717, 1.165) is 36.6 Å². The average Bonchev–Trinajstić information content (AvgIpc) is 2.53. The number of benzene rings is 1. The predicted molar refractivity (Wildman–Crippen MR) is 108 cm³/mol. The molecule has 3 nitrogen and oxygen atoms in total. The largest absolute Gasteiger partial charge is 0.508 e. The number of carbonyl (C=O) groups is 1. The third-order valence-corrected chi connectivity index (χ3v) is 7.67. The first-order valence-corrected chi connectivity index (χ1v) is 10.9. The summed E-state index contributed by atoms with van der Waals surface area (Å²) in [5.41, 5.74) is 1.39. The molecule has 144 valence electrons. The second-order valence-corrected chi connectivity index (χ2v) is 10.2. The molecule has 4 heteroatoms. The van der Waals surface area contributed by atoms with Crippen LogP contribution in [0.15, 0.2) is 12.1 Å². The number of halogens is 1. The standard InChI is InChI=1S/C22H31BrO3/c1-21(2,7-5-6-8-23)13-9-18(25)20(19(26)10-13)14-11-17(24)16-12-15(14)22(16,3)4/h9-10,14-16,25-26H,5-8,11-12H2,1-4H3. The van der Waals surface area contributed by atoms with Crippen molar-refractivity contribution >= 4 is 21.7 Å². The number of ketones is 1. The van der Waals surface area contributed by atoms with Crippen LogP contribution in [0, 0.1) is 17.3 Å². The van der Waals surface area contributed by atoms with Gasteiger partial charge in [-0.3, -0.25) is 4.79 Å². The lowest BCUT2D eigenvalue weighted by atomic mass is 9.44. The van der Waals surface area contributed by atoms with Crippen molar-refractivity contribution in [3.05, 3.63) is 23.3 Å². The molecule has 3 fully saturated rings. The van der Waals surface area contributed by atoms with E-state index in [-0.39, 0.29) is 39.9 Å². The number of Topliss-reactive ketones (excluding diaryl/α,β-unsaturated/α-hetero) is 1. The lowest BCUT2D eigenvalue weighted by molar-refractivity contribution is -0.151. The second kappa shape index (κ2) is 6.85. The number of rotatable bonds is 6. The minimum absolute atomic E-state index is 0.0352. The number of fused-ring (bicyclic) bond motifs is 2. The molecular weight excluding hydrogens is 392 g/mol. The molecule has 3 aliphatic rings. The van der Waals surface area contributed by atoms with Gasteiger partial charge in [0.15, 0.2) is 0 Å². The molecule has 4 rings (SSSR count). The van der Waals surface area contributed by atoms with Gasteiger partial charge in [-0.1, -0.05) is 50.0 Å². The maximum absolute atomic E-state index is 12.5. The van der Waals surface area contributed by atoms with Gasteiger partial charge < -0.3 is 10.2 Å². The SMILES string of the molecule is CC(C)(CCCCBr)c1cc(O)c(C2CC(=O)C3CC2C3(C)C)c(O)c1. The Kier molecular flexibility index (Phi) is 5.20. The molecule has 0 saturated heterocycles. The van der Waals surface area contributed by atoms with Crippen molar-refractivity contribution in [3.8, 4) is 11.5 Å². The number of phenols is 2. The second-order valence-electron chi connectivity index (χ2n) is 9.45. The van der Waals surface area contributed by atoms with Gasteiger partial charge in [-0.05, 0) is 53.7 Å². The van der Waals surface area contributed by atoms with Crippen molar-refractivity contribution in [2.45, 2.75) is 71.1 Å². The van der Waals surface area contributed by atoms with Crippen molar-refractivity contribution in [2.75, 3.05) is 5.33 Å². The summed E-state index contributed by atoms with van der Waals surface area (Å²) in [5, 5.41) is 22.5. The number of alkyl halides is 1. The van der Waals surface area contributed by atoms with Crippen LogP contribution in [-0.4, -0.2) is 21.3 Å². The molecule has 1 aromatic rings. The van der Waals surface area contributed by atoms with Crippen LogP contribution in [0.5, 0.6) is 11.5 Å². The van der Waals surface area contributed by atoms with Crippen LogP contribution in [0.2, 0.25) is 0 Å². The predicted octanol–water partition coefficient (Wildman–Crippen LogP) is 5.66. The van der Waals surface area contributed by atoms with E-state index in [9.17, 15) is 15.0 Å². The molecule has 3 saturated carbocycles. The molecule has 0 heterocycles. The molecule has 0 aliphatic heterocycles. The summed E-state index contributed by atoms with van der Waals surface area (Å²) in [5.74, 6) is 0.994. The van der Waals surface area contributed by atoms with E-state index < -0.39 is 0 Å². The van der Waals surface area contributed by atoms with Crippen LogP contribution in [-0.2, 0) is 10.2 Å². The summed E-state index contributed by atoms with van der Waals surface area (Å²) in [4.78, 5) is 12.5. The molecule has 0 radical (unpaired) electrons. The summed E-state index contributed by atoms with van der Waals surface area (Å²) in [6.45, 7) is 8.59. The number of hydrogen-bond donors (Lipinski definition) is 2. The van der Waals surface area contributed by atoms with Crippen molar-refractivity contribution in [2.24, 2.45) is 17.3 Å². The monoisotopic (exact) mass is 422 g/mol. The number of phenolic OH excluding ortho intramolecular Hbond substituents is 2. The molecule has 1 aromatic carbocycles. The van der Waals surface area contributed by atoms with Gasteiger partial charge in [0.2, 0.25) is 0 Å². The van der Waals surface area contributed by atoms with Crippen LogP contribution in [0.4, 0.5) is 0 Å². The first-order valence-electron chi connectivity index (χ1n) is 9.74. The highest BCUT2D eigenvalue weighted by atomic mass is 79.9. The molecule has 3 aliphatic carbocycles. The van der Waals surface area contributed by atoms with Gasteiger partial charge in [0, 0.05) is 29.2 Å². The number of hydrogen-bond acceptors (Lipinski definition) is 3. The van der Waals surface area contributed by atoms with Gasteiger partial charge in [0.25, 0.3) is 0 Å². The van der Waals surface area contributed by atoms with Crippen molar-refractivity contribution in [1.29, 1.82) is 0 Å². The van der Waals surface area contributed by atoms with Crippen LogP contribution >= 0.6 is 15.9 Å². The Morgan fingerprint density at radius 1 is 1.19 bits per heavy atom. The zero-order valence-corrected chi connectivity index (χ0v) is 17.9. The summed E-state index contributed by atoms with van der Waals surface area (Å²) >= 11 is 3.47. The highest BCUT2D eigenvalue weighted by molar-refractivity contribution is 9.09. The summed E-state index contributed by atoms with van der Waals surface area (Å²) in [6, 6.07) is 3.62. The summed E-state index contributed by atoms with van der Waals surface area (Å²) < 4.78 is 0. The molecule has 2 N–H and O–H groups in total. The maximum atomic E-state index is 12.5. The van der Waals surface area contributed by atoms with Gasteiger partial charge in [0.05, 0.1) is 0 Å². The van der Waals surface area contributed by atoms with Crippen LogP contribution in [0.3, 0.4) is 0 Å². The smallest absolute Gasteiger partial charge is 0.137 e. The molecule has 0 spiro atoms. The fourth-order valence-corrected chi connectivity index (χ4v) is 5.59. The average molecular weight is 423 g/mol. The zero-order valence-electron chi connectivity index (χ0n) is 16.3. The van der Waals surface area contributed by atoms with Gasteiger partial charge in [-0.2, -0.15) is 0 Å². The number of unbranched alkanes of at least 4 members (excludes halogenated alkanes) is 1. The molecule has 3 atom stereocenters. The zero-order chi connectivity index (χ0) is 19.3. The van der Waals surface area contributed by atoms with Gasteiger partial charge in [-0.25, -0.2) is 0 Å². The van der Waals surface area contributed by atoms with E-state index >= 15 is 0 Å². The quantitative estimate of drug-likeness (QED) is 0.459. The summed E-state index contributed by atoms with van der Waals surface area (Å²) in [6.07, 6.45) is 4.52. The Morgan fingerprint density at radius 3 is 2.31 bits per heavy atom. The molecule has 0 amide bonds. The maximum Gasteiger partial charge on any atom is 0.137 e. The first-order chi connectivity index (χ1) is 12.1. The van der Waals surface area contributed by atoms with E-state index in [4.69, 9.17) is 0 Å².